The Morgan fingerprint density at radius 1 is 1.24 bits per heavy atom. The van der Waals surface area contributed by atoms with Crippen molar-refractivity contribution in [3.8, 4) is 0 Å². The highest BCUT2D eigenvalue weighted by Gasteiger charge is 2.34. The van der Waals surface area contributed by atoms with E-state index in [1.807, 2.05) is 4.90 Å². The van der Waals surface area contributed by atoms with Gasteiger partial charge in [0, 0.05) is 42.5 Å². The molecule has 0 radical (unpaired) electrons. The van der Waals surface area contributed by atoms with Crippen LogP contribution in [0.15, 0.2) is 23.6 Å². The van der Waals surface area contributed by atoms with Crippen molar-refractivity contribution >= 4 is 57.2 Å². The lowest BCUT2D eigenvalue weighted by Gasteiger charge is -2.23. The maximum absolute atomic E-state index is 13.0. The normalized spacial score (nSPS) is 16.1. The van der Waals surface area contributed by atoms with Gasteiger partial charge < -0.3 is 15.1 Å². The quantitative estimate of drug-likeness (QED) is 0.654. The molecule has 9 heteroatoms. The van der Waals surface area contributed by atoms with Gasteiger partial charge in [-0.3, -0.25) is 9.59 Å². The summed E-state index contributed by atoms with van der Waals surface area (Å²) in [7, 11) is 0. The standard InChI is InChI=1S/C20H22Cl2N4O2S/c21-13-3-6-15(22)16(11-13)23-20-24-17(12-29-20)19(28)26(14-4-5-14)10-7-18(27)25-8-1-2-9-25/h3,6,11-12,14H,1-2,4-5,7-10H2,(H,23,24). The zero-order valence-electron chi connectivity index (χ0n) is 15.9. The number of carbonyl (C=O) groups is 2. The number of benzene rings is 1. The van der Waals surface area contributed by atoms with Gasteiger partial charge in [-0.2, -0.15) is 0 Å². The van der Waals surface area contributed by atoms with Crippen LogP contribution in [0, 0.1) is 0 Å². The SMILES string of the molecule is O=C(CCN(C(=O)c1csc(Nc2cc(Cl)ccc2Cl)n1)C1CC1)N1CCCC1. The molecular formula is C20H22Cl2N4O2S. The molecule has 1 aromatic heterocycles. The zero-order valence-corrected chi connectivity index (χ0v) is 18.2. The molecule has 6 nitrogen and oxygen atoms in total. The summed E-state index contributed by atoms with van der Waals surface area (Å²) in [5, 5.41) is 6.51. The molecule has 29 heavy (non-hydrogen) atoms. The van der Waals surface area contributed by atoms with Gasteiger partial charge in [0.1, 0.15) is 5.69 Å². The van der Waals surface area contributed by atoms with Crippen molar-refractivity contribution in [2.45, 2.75) is 38.1 Å². The van der Waals surface area contributed by atoms with E-state index >= 15 is 0 Å². The van der Waals surface area contributed by atoms with Gasteiger partial charge in [0.25, 0.3) is 5.91 Å². The van der Waals surface area contributed by atoms with E-state index in [9.17, 15) is 9.59 Å². The lowest BCUT2D eigenvalue weighted by molar-refractivity contribution is -0.130. The number of hydrogen-bond acceptors (Lipinski definition) is 5. The molecule has 0 atom stereocenters. The van der Waals surface area contributed by atoms with Gasteiger partial charge in [-0.15, -0.1) is 11.3 Å². The van der Waals surface area contributed by atoms with E-state index in [0.717, 1.165) is 38.8 Å². The summed E-state index contributed by atoms with van der Waals surface area (Å²) in [5.41, 5.74) is 1.03. The smallest absolute Gasteiger partial charge is 0.273 e. The van der Waals surface area contributed by atoms with Crippen molar-refractivity contribution in [3.05, 3.63) is 39.3 Å². The first kappa shape index (κ1) is 20.4. The molecule has 1 aliphatic heterocycles. The first-order valence-corrected chi connectivity index (χ1v) is 11.4. The molecule has 1 saturated heterocycles. The second-order valence-corrected chi connectivity index (χ2v) is 9.06. The monoisotopic (exact) mass is 452 g/mol. The summed E-state index contributed by atoms with van der Waals surface area (Å²) in [6.07, 6.45) is 4.48. The van der Waals surface area contributed by atoms with Crippen LogP contribution in [0.25, 0.3) is 0 Å². The molecule has 2 aliphatic rings. The number of halogens is 2. The molecule has 0 unspecified atom stereocenters. The first-order valence-electron chi connectivity index (χ1n) is 9.77. The van der Waals surface area contributed by atoms with Crippen LogP contribution in [0.1, 0.15) is 42.6 Å². The van der Waals surface area contributed by atoms with Gasteiger partial charge in [-0.25, -0.2) is 4.98 Å². The zero-order chi connectivity index (χ0) is 20.4. The molecule has 0 bridgehead atoms. The van der Waals surface area contributed by atoms with E-state index in [4.69, 9.17) is 23.2 Å². The average molecular weight is 453 g/mol. The predicted molar refractivity (Wildman–Crippen MR) is 116 cm³/mol. The summed E-state index contributed by atoms with van der Waals surface area (Å²) >= 11 is 13.5. The maximum atomic E-state index is 13.0. The summed E-state index contributed by atoms with van der Waals surface area (Å²) < 4.78 is 0. The number of aromatic nitrogens is 1. The number of nitrogens with zero attached hydrogens (tertiary/aromatic N) is 3. The Hall–Kier alpha value is -1.83. The van der Waals surface area contributed by atoms with Gasteiger partial charge in [0.2, 0.25) is 5.91 Å². The van der Waals surface area contributed by atoms with Crippen LogP contribution >= 0.6 is 34.5 Å². The Morgan fingerprint density at radius 3 is 2.72 bits per heavy atom. The molecule has 2 aromatic rings. The van der Waals surface area contributed by atoms with E-state index in [1.54, 1.807) is 28.5 Å². The third kappa shape index (κ3) is 5.02. The summed E-state index contributed by atoms with van der Waals surface area (Å²) in [6.45, 7) is 2.12. The largest absolute Gasteiger partial charge is 0.343 e. The van der Waals surface area contributed by atoms with Crippen molar-refractivity contribution in [2.75, 3.05) is 25.0 Å². The number of likely N-dealkylation sites (tertiary alicyclic amines) is 1. The highest BCUT2D eigenvalue weighted by atomic mass is 35.5. The summed E-state index contributed by atoms with van der Waals surface area (Å²) in [6, 6.07) is 5.35. The van der Waals surface area contributed by atoms with Gasteiger partial charge in [0.05, 0.1) is 10.7 Å². The van der Waals surface area contributed by atoms with Gasteiger partial charge >= 0.3 is 0 Å². The first-order chi connectivity index (χ1) is 14.0. The third-order valence-corrected chi connectivity index (χ3v) is 6.49. The van der Waals surface area contributed by atoms with E-state index < -0.39 is 0 Å². The number of rotatable bonds is 7. The highest BCUT2D eigenvalue weighted by molar-refractivity contribution is 7.14. The Labute approximate surface area is 183 Å². The minimum absolute atomic E-state index is 0.122. The van der Waals surface area contributed by atoms with Crippen LogP contribution in [0.5, 0.6) is 0 Å². The fourth-order valence-electron chi connectivity index (χ4n) is 3.46. The molecule has 154 valence electrons. The Bertz CT molecular complexity index is 910. The number of thiazole rings is 1. The molecule has 1 N–H and O–H groups in total. The Balaban J connectivity index is 1.40. The molecule has 0 spiro atoms. The lowest BCUT2D eigenvalue weighted by Crippen LogP contribution is -2.37. The molecule has 1 aliphatic carbocycles. The summed E-state index contributed by atoms with van der Waals surface area (Å²) in [4.78, 5) is 33.5. The fourth-order valence-corrected chi connectivity index (χ4v) is 4.50. The van der Waals surface area contributed by atoms with Gasteiger partial charge in [-0.05, 0) is 43.9 Å². The second kappa shape index (κ2) is 8.90. The minimum atomic E-state index is -0.122. The van der Waals surface area contributed by atoms with Crippen molar-refractivity contribution in [3.63, 3.8) is 0 Å². The Kier molecular flexibility index (Phi) is 6.27. The van der Waals surface area contributed by atoms with E-state index in [-0.39, 0.29) is 17.9 Å². The maximum Gasteiger partial charge on any atom is 0.273 e. The minimum Gasteiger partial charge on any atom is -0.343 e. The number of amides is 2. The lowest BCUT2D eigenvalue weighted by atomic mass is 10.3. The number of nitrogens with one attached hydrogen (secondary N) is 1. The Morgan fingerprint density at radius 2 is 2.00 bits per heavy atom. The van der Waals surface area contributed by atoms with Crippen LogP contribution in [-0.2, 0) is 4.79 Å². The van der Waals surface area contributed by atoms with Gasteiger partial charge in [0.15, 0.2) is 5.13 Å². The van der Waals surface area contributed by atoms with Gasteiger partial charge in [-0.1, -0.05) is 23.2 Å². The predicted octanol–water partition coefficient (Wildman–Crippen LogP) is 4.81. The number of anilines is 2. The topological polar surface area (TPSA) is 65.5 Å². The molecule has 2 amide bonds. The molecule has 1 aromatic carbocycles. The molecule has 2 heterocycles. The van der Waals surface area contributed by atoms with Crippen LogP contribution in [-0.4, -0.2) is 52.3 Å². The van der Waals surface area contributed by atoms with Crippen molar-refractivity contribution < 1.29 is 9.59 Å². The molecule has 4 rings (SSSR count). The summed E-state index contributed by atoms with van der Waals surface area (Å²) in [5.74, 6) is 0.0143. The third-order valence-electron chi connectivity index (χ3n) is 5.17. The van der Waals surface area contributed by atoms with Crippen LogP contribution in [0.4, 0.5) is 10.8 Å². The molecule has 1 saturated carbocycles. The van der Waals surface area contributed by atoms with E-state index in [0.29, 0.717) is 39.5 Å². The fraction of sp³-hybridized carbons (Fsp3) is 0.450. The van der Waals surface area contributed by atoms with Crippen LogP contribution in [0.3, 0.4) is 0 Å². The average Bonchev–Trinajstić information content (AvgIpc) is 3.19. The highest BCUT2D eigenvalue weighted by Crippen LogP contribution is 2.32. The number of hydrogen-bond donors (Lipinski definition) is 1. The van der Waals surface area contributed by atoms with Crippen molar-refractivity contribution in [1.29, 1.82) is 0 Å². The van der Waals surface area contributed by atoms with E-state index in [2.05, 4.69) is 10.3 Å². The molecule has 2 fully saturated rings. The van der Waals surface area contributed by atoms with Crippen LogP contribution in [0.2, 0.25) is 10.0 Å². The van der Waals surface area contributed by atoms with E-state index in [1.165, 1.54) is 11.3 Å². The molecular weight excluding hydrogens is 431 g/mol. The van der Waals surface area contributed by atoms with Crippen molar-refractivity contribution in [1.82, 2.24) is 14.8 Å². The van der Waals surface area contributed by atoms with Crippen LogP contribution < -0.4 is 5.32 Å². The van der Waals surface area contributed by atoms with Crippen molar-refractivity contribution in [2.24, 2.45) is 0 Å². The second-order valence-electron chi connectivity index (χ2n) is 7.35. The number of carbonyl (C=O) groups excluding carboxylic acids is 2.